The van der Waals surface area contributed by atoms with Gasteiger partial charge in [-0.05, 0) is 133 Å². The summed E-state index contributed by atoms with van der Waals surface area (Å²) < 4.78 is 99.5. The summed E-state index contributed by atoms with van der Waals surface area (Å²) in [4.78, 5) is 45.2. The standard InChI is InChI=1S/C59H68ClF3N8O7S3/c1-58(2)26-24-51(42-10-14-45(60)15-11-42)44(37-58)39-70-32-34-71(35-33-70)48-18-12-43(13-19-48)56(73)67-81(77,78)50-20-21-52(54(36-50)80(75,76)59(61,62)63)65-47(40-79-49-6-4-3-5-7-49)25-27-68-28-30-69(31-29-68)38-41-8-16-46(17-9-41)64-53-22-23-55(72)66-57(53)74/h3-21,36,47,53,64-65H,22-35,37-40H2,1-2H3,(H,67,73)(H,66,72,74)/t47-,53?/m1/s1. The highest BCUT2D eigenvalue weighted by molar-refractivity contribution is 7.99. The summed E-state index contributed by atoms with van der Waals surface area (Å²) in [6, 6.07) is 33.0. The summed E-state index contributed by atoms with van der Waals surface area (Å²) >= 11 is 7.65. The Morgan fingerprint density at radius 1 is 0.790 bits per heavy atom. The number of benzene rings is 5. The molecule has 15 nitrogen and oxygen atoms in total. The Morgan fingerprint density at radius 2 is 1.44 bits per heavy atom. The van der Waals surface area contributed by atoms with Gasteiger partial charge in [0.2, 0.25) is 11.8 Å². The van der Waals surface area contributed by atoms with E-state index >= 15 is 0 Å². The van der Waals surface area contributed by atoms with Crippen molar-refractivity contribution in [3.8, 4) is 0 Å². The molecule has 22 heteroatoms. The number of sulfone groups is 1. The summed E-state index contributed by atoms with van der Waals surface area (Å²) in [6.07, 6.45) is 4.23. The van der Waals surface area contributed by atoms with Gasteiger partial charge in [0.05, 0.1) is 10.6 Å². The number of thioether (sulfide) groups is 1. The average Bonchev–Trinajstić information content (AvgIpc) is 3.60. The lowest BCUT2D eigenvalue weighted by molar-refractivity contribution is -0.133. The van der Waals surface area contributed by atoms with Crippen LogP contribution in [-0.4, -0.2) is 138 Å². The predicted molar refractivity (Wildman–Crippen MR) is 313 cm³/mol. The Balaban J connectivity index is 0.819. The number of anilines is 3. The van der Waals surface area contributed by atoms with Gasteiger partial charge in [-0.25, -0.2) is 21.6 Å². The maximum absolute atomic E-state index is 14.5. The molecule has 5 aromatic rings. The number of imide groups is 1. The zero-order chi connectivity index (χ0) is 57.5. The summed E-state index contributed by atoms with van der Waals surface area (Å²) in [5.74, 6) is -1.32. The minimum absolute atomic E-state index is 0.0167. The van der Waals surface area contributed by atoms with Crippen LogP contribution in [0.1, 0.15) is 73.9 Å². The third kappa shape index (κ3) is 15.6. The lowest BCUT2D eigenvalue weighted by atomic mass is 9.73. The Kier molecular flexibility index (Phi) is 18.9. The third-order valence-corrected chi connectivity index (χ3v) is 19.8. The second kappa shape index (κ2) is 25.7. The van der Waals surface area contributed by atoms with Crippen molar-refractivity contribution < 1.29 is 44.4 Å². The van der Waals surface area contributed by atoms with Crippen LogP contribution < -0.4 is 25.6 Å². The molecule has 0 bridgehead atoms. The molecule has 4 aliphatic rings. The molecule has 3 fully saturated rings. The molecular formula is C59H68ClF3N8O7S3. The van der Waals surface area contributed by atoms with Gasteiger partial charge < -0.3 is 20.4 Å². The van der Waals surface area contributed by atoms with Gasteiger partial charge in [0, 0.05) is 117 Å². The number of piperazine rings is 2. The van der Waals surface area contributed by atoms with E-state index in [0.29, 0.717) is 55.9 Å². The van der Waals surface area contributed by atoms with E-state index in [9.17, 15) is 44.4 Å². The smallest absolute Gasteiger partial charge is 0.380 e. The number of sulfonamides is 1. The minimum atomic E-state index is -6.12. The van der Waals surface area contributed by atoms with E-state index in [0.717, 1.165) is 99.0 Å². The SMILES string of the molecule is CC1(C)CCC(c2ccc(Cl)cc2)=C(CN2CCN(c3ccc(C(=O)NS(=O)(=O)c4ccc(N[C@H](CCN5CCN(Cc6ccc(NC7CCC(=O)NC7=O)cc6)CC5)CSc5ccccc5)c(S(=O)(=O)C(F)(F)F)c4)cc3)CC2)C1. The van der Waals surface area contributed by atoms with Crippen molar-refractivity contribution in [3.05, 3.63) is 149 Å². The second-order valence-electron chi connectivity index (χ2n) is 22.0. The lowest BCUT2D eigenvalue weighted by Gasteiger charge is -2.39. The highest BCUT2D eigenvalue weighted by atomic mass is 35.5. The molecule has 0 saturated carbocycles. The number of hydrogen-bond acceptors (Lipinski definition) is 14. The van der Waals surface area contributed by atoms with E-state index in [4.69, 9.17) is 11.6 Å². The van der Waals surface area contributed by atoms with E-state index in [-0.39, 0.29) is 29.2 Å². The minimum Gasteiger partial charge on any atom is -0.380 e. The second-order valence-corrected chi connectivity index (χ2v) is 27.1. The van der Waals surface area contributed by atoms with Crippen LogP contribution in [0.2, 0.25) is 5.02 Å². The fraction of sp³-hybridized carbons (Fsp3) is 0.407. The molecule has 9 rings (SSSR count). The van der Waals surface area contributed by atoms with Gasteiger partial charge >= 0.3 is 5.51 Å². The predicted octanol–water partition coefficient (Wildman–Crippen LogP) is 9.54. The molecule has 0 radical (unpaired) electrons. The van der Waals surface area contributed by atoms with Crippen LogP contribution in [0.5, 0.6) is 0 Å². The van der Waals surface area contributed by atoms with Crippen LogP contribution >= 0.6 is 23.4 Å². The molecule has 3 aliphatic heterocycles. The summed E-state index contributed by atoms with van der Waals surface area (Å²) in [5, 5.41) is 9.30. The molecule has 0 aromatic heterocycles. The number of allylic oxidation sites excluding steroid dienone is 1. The maximum Gasteiger partial charge on any atom is 0.501 e. The van der Waals surface area contributed by atoms with Gasteiger partial charge in [-0.3, -0.25) is 29.5 Å². The first-order chi connectivity index (χ1) is 38.6. The first-order valence-electron chi connectivity index (χ1n) is 27.2. The number of amides is 3. The molecule has 3 heterocycles. The topological polar surface area (TPSA) is 181 Å². The molecule has 3 amide bonds. The number of piperidine rings is 1. The molecule has 432 valence electrons. The molecule has 1 aliphatic carbocycles. The fourth-order valence-corrected chi connectivity index (χ4v) is 14.0. The highest BCUT2D eigenvalue weighted by Gasteiger charge is 2.48. The summed E-state index contributed by atoms with van der Waals surface area (Å²) in [7, 11) is -11.0. The molecule has 3 saturated heterocycles. The number of rotatable bonds is 20. The average molecular weight is 1190 g/mol. The van der Waals surface area contributed by atoms with Crippen molar-refractivity contribution in [1.82, 2.24) is 24.7 Å². The molecule has 81 heavy (non-hydrogen) atoms. The van der Waals surface area contributed by atoms with Crippen LogP contribution in [0.4, 0.5) is 30.2 Å². The Morgan fingerprint density at radius 3 is 2.11 bits per heavy atom. The van der Waals surface area contributed by atoms with Gasteiger partial charge in [-0.15, -0.1) is 11.8 Å². The number of carbonyl (C=O) groups excluding carboxylic acids is 3. The van der Waals surface area contributed by atoms with Gasteiger partial charge in [0.15, 0.2) is 0 Å². The number of hydrogen-bond donors (Lipinski definition) is 4. The lowest BCUT2D eigenvalue weighted by Crippen LogP contribution is -2.47. The van der Waals surface area contributed by atoms with Crippen LogP contribution in [0.25, 0.3) is 5.57 Å². The van der Waals surface area contributed by atoms with Crippen LogP contribution in [0.15, 0.2) is 142 Å². The monoisotopic (exact) mass is 1190 g/mol. The first kappa shape index (κ1) is 59.7. The quantitative estimate of drug-likeness (QED) is 0.0427. The van der Waals surface area contributed by atoms with Gasteiger partial charge in [-0.1, -0.05) is 73.5 Å². The van der Waals surface area contributed by atoms with Crippen molar-refractivity contribution >= 4 is 83.6 Å². The largest absolute Gasteiger partial charge is 0.501 e. The first-order valence-corrected chi connectivity index (χ1v) is 31.6. The Hall–Kier alpha value is -5.94. The fourth-order valence-electron chi connectivity index (χ4n) is 10.8. The van der Waals surface area contributed by atoms with Gasteiger partial charge in [0.25, 0.3) is 25.8 Å². The molecule has 5 aromatic carbocycles. The van der Waals surface area contributed by atoms with Crippen molar-refractivity contribution in [3.63, 3.8) is 0 Å². The molecule has 1 unspecified atom stereocenters. The molecule has 4 N–H and O–H groups in total. The number of nitrogens with one attached hydrogen (secondary N) is 4. The van der Waals surface area contributed by atoms with Crippen LogP contribution in [-0.2, 0) is 36.0 Å². The van der Waals surface area contributed by atoms with Crippen LogP contribution in [0, 0.1) is 5.41 Å². The normalized spacial score (nSPS) is 19.2. The number of halogens is 4. The van der Waals surface area contributed by atoms with E-state index in [2.05, 4.69) is 61.5 Å². The van der Waals surface area contributed by atoms with Gasteiger partial charge in [-0.2, -0.15) is 13.2 Å². The van der Waals surface area contributed by atoms with Crippen LogP contribution in [0.3, 0.4) is 0 Å². The number of carbonyl (C=O) groups is 3. The number of alkyl halides is 3. The highest BCUT2D eigenvalue weighted by Crippen LogP contribution is 2.43. The van der Waals surface area contributed by atoms with E-state index in [1.165, 1.54) is 40.6 Å². The third-order valence-electron chi connectivity index (χ3n) is 15.5. The van der Waals surface area contributed by atoms with Crippen molar-refractivity contribution in [2.75, 3.05) is 86.7 Å². The summed E-state index contributed by atoms with van der Waals surface area (Å²) in [6.45, 7) is 12.6. The molecular weight excluding hydrogens is 1120 g/mol. The van der Waals surface area contributed by atoms with Crippen molar-refractivity contribution in [2.45, 2.75) is 91.2 Å². The van der Waals surface area contributed by atoms with Crippen molar-refractivity contribution in [1.29, 1.82) is 0 Å². The Bertz CT molecular complexity index is 3300. The summed E-state index contributed by atoms with van der Waals surface area (Å²) in [5.41, 5.74) is 0.708. The maximum atomic E-state index is 14.5. The Labute approximate surface area is 482 Å². The number of nitrogens with zero attached hydrogens (tertiary/aromatic N) is 4. The zero-order valence-electron chi connectivity index (χ0n) is 45.3. The van der Waals surface area contributed by atoms with E-state index in [1.807, 2.05) is 71.5 Å². The van der Waals surface area contributed by atoms with E-state index < -0.39 is 58.8 Å². The zero-order valence-corrected chi connectivity index (χ0v) is 48.5. The van der Waals surface area contributed by atoms with Gasteiger partial charge in [0.1, 0.15) is 10.9 Å². The van der Waals surface area contributed by atoms with Crippen molar-refractivity contribution in [2.24, 2.45) is 5.41 Å². The molecule has 0 spiro atoms. The molecule has 2 atom stereocenters. The van der Waals surface area contributed by atoms with E-state index in [1.54, 1.807) is 12.1 Å².